The second-order valence-electron chi connectivity index (χ2n) is 7.05. The molecule has 1 saturated heterocycles. The average Bonchev–Trinajstić information content (AvgIpc) is 3.15. The van der Waals surface area contributed by atoms with Gasteiger partial charge in [-0.3, -0.25) is 14.5 Å². The number of methoxy groups -OCH3 is 1. The highest BCUT2D eigenvalue weighted by atomic mass is 16.5. The third-order valence-corrected chi connectivity index (χ3v) is 5.27. The maximum absolute atomic E-state index is 13.4. The first-order valence-corrected chi connectivity index (χ1v) is 9.57. The summed E-state index contributed by atoms with van der Waals surface area (Å²) in [6, 6.07) is 11.3. The summed E-state index contributed by atoms with van der Waals surface area (Å²) in [6.45, 7) is 0.716. The molecule has 6 nitrogen and oxygen atoms in total. The van der Waals surface area contributed by atoms with Crippen molar-refractivity contribution in [2.75, 3.05) is 13.7 Å². The Morgan fingerprint density at radius 3 is 2.71 bits per heavy atom. The van der Waals surface area contributed by atoms with Gasteiger partial charge in [-0.1, -0.05) is 12.1 Å². The summed E-state index contributed by atoms with van der Waals surface area (Å²) in [6.07, 6.45) is 8.55. The normalized spacial score (nSPS) is 16.8. The van der Waals surface area contributed by atoms with Crippen LogP contribution in [0.3, 0.4) is 0 Å². The van der Waals surface area contributed by atoms with Gasteiger partial charge in [-0.25, -0.2) is 0 Å². The van der Waals surface area contributed by atoms with Gasteiger partial charge in [0.2, 0.25) is 0 Å². The molecule has 28 heavy (non-hydrogen) atoms. The van der Waals surface area contributed by atoms with Gasteiger partial charge in [0.15, 0.2) is 0 Å². The number of nitrogens with zero attached hydrogens (tertiary/aromatic N) is 4. The quantitative estimate of drug-likeness (QED) is 0.694. The van der Waals surface area contributed by atoms with Gasteiger partial charge in [0, 0.05) is 37.7 Å². The lowest BCUT2D eigenvalue weighted by Crippen LogP contribution is -2.39. The van der Waals surface area contributed by atoms with Crippen molar-refractivity contribution in [3.63, 3.8) is 0 Å². The number of benzene rings is 1. The van der Waals surface area contributed by atoms with E-state index < -0.39 is 0 Å². The summed E-state index contributed by atoms with van der Waals surface area (Å²) in [4.78, 5) is 19.5. The van der Waals surface area contributed by atoms with Gasteiger partial charge in [0.25, 0.3) is 5.91 Å². The molecule has 0 unspecified atom stereocenters. The minimum absolute atomic E-state index is 0.00604. The largest absolute Gasteiger partial charge is 0.496 e. The molecule has 1 aromatic carbocycles. The van der Waals surface area contributed by atoms with E-state index in [9.17, 15) is 4.79 Å². The number of carbonyl (C=O) groups excluding carboxylic acids is 1. The highest BCUT2D eigenvalue weighted by Crippen LogP contribution is 2.37. The molecule has 3 aromatic rings. The number of likely N-dealkylation sites (tertiary alicyclic amines) is 1. The molecule has 0 aliphatic carbocycles. The van der Waals surface area contributed by atoms with Crippen molar-refractivity contribution in [3.8, 4) is 16.9 Å². The van der Waals surface area contributed by atoms with Crippen LogP contribution in [0.15, 0.2) is 55.0 Å². The second kappa shape index (κ2) is 7.84. The van der Waals surface area contributed by atoms with Crippen LogP contribution >= 0.6 is 0 Å². The van der Waals surface area contributed by atoms with Crippen molar-refractivity contribution in [1.82, 2.24) is 19.7 Å². The molecule has 2 aromatic heterocycles. The predicted octanol–water partition coefficient (Wildman–Crippen LogP) is 3.86. The molecule has 1 fully saturated rings. The van der Waals surface area contributed by atoms with E-state index in [1.54, 1.807) is 19.5 Å². The lowest BCUT2D eigenvalue weighted by Gasteiger charge is -2.35. The van der Waals surface area contributed by atoms with Crippen LogP contribution in [0, 0.1) is 0 Å². The fraction of sp³-hybridized carbons (Fsp3) is 0.318. The smallest absolute Gasteiger partial charge is 0.258 e. The molecular weight excluding hydrogens is 352 g/mol. The zero-order valence-corrected chi connectivity index (χ0v) is 16.2. The van der Waals surface area contributed by atoms with E-state index in [0.717, 1.165) is 36.1 Å². The SMILES string of the molecule is COc1ccccc1C(=O)N1CCCC[C@@H]1c1nn(C)cc1-c1ccncc1. The van der Waals surface area contributed by atoms with Crippen LogP contribution < -0.4 is 4.74 Å². The van der Waals surface area contributed by atoms with E-state index in [0.29, 0.717) is 17.9 Å². The van der Waals surface area contributed by atoms with Crippen LogP contribution in [0.5, 0.6) is 5.75 Å². The van der Waals surface area contributed by atoms with Gasteiger partial charge in [-0.2, -0.15) is 5.10 Å². The first-order valence-electron chi connectivity index (χ1n) is 9.57. The number of ether oxygens (including phenoxy) is 1. The highest BCUT2D eigenvalue weighted by Gasteiger charge is 2.33. The molecule has 0 bridgehead atoms. The maximum Gasteiger partial charge on any atom is 0.258 e. The number of para-hydroxylation sites is 1. The number of carbonyl (C=O) groups is 1. The number of aryl methyl sites for hydroxylation is 1. The minimum atomic E-state index is -0.0597. The molecule has 1 aliphatic heterocycles. The van der Waals surface area contributed by atoms with Crippen LogP contribution in [0.4, 0.5) is 0 Å². The number of pyridine rings is 1. The molecule has 3 heterocycles. The van der Waals surface area contributed by atoms with E-state index in [1.165, 1.54) is 0 Å². The Labute approximate surface area is 164 Å². The molecule has 6 heteroatoms. The lowest BCUT2D eigenvalue weighted by molar-refractivity contribution is 0.0602. The van der Waals surface area contributed by atoms with Crippen LogP contribution in [-0.4, -0.2) is 39.2 Å². The van der Waals surface area contributed by atoms with Crippen LogP contribution in [0.25, 0.3) is 11.1 Å². The van der Waals surface area contributed by atoms with Crippen LogP contribution in [0.1, 0.15) is 41.4 Å². The molecule has 4 rings (SSSR count). The summed E-state index contributed by atoms with van der Waals surface area (Å²) in [5.41, 5.74) is 3.65. The number of hydrogen-bond donors (Lipinski definition) is 0. The Morgan fingerprint density at radius 1 is 1.14 bits per heavy atom. The highest BCUT2D eigenvalue weighted by molar-refractivity contribution is 5.97. The molecular formula is C22H24N4O2. The molecule has 0 N–H and O–H groups in total. The molecule has 144 valence electrons. The second-order valence-corrected chi connectivity index (χ2v) is 7.05. The van der Waals surface area contributed by atoms with E-state index in [1.807, 2.05) is 59.2 Å². The molecule has 0 radical (unpaired) electrons. The maximum atomic E-state index is 13.4. The fourth-order valence-corrected chi connectivity index (χ4v) is 3.94. The summed E-state index contributed by atoms with van der Waals surface area (Å²) < 4.78 is 7.25. The Bertz CT molecular complexity index is 968. The Hall–Kier alpha value is -3.15. The summed E-state index contributed by atoms with van der Waals surface area (Å²) in [5.74, 6) is 0.598. The van der Waals surface area contributed by atoms with Crippen molar-refractivity contribution < 1.29 is 9.53 Å². The Balaban J connectivity index is 1.74. The number of piperidine rings is 1. The first-order chi connectivity index (χ1) is 13.7. The number of amides is 1. The van der Waals surface area contributed by atoms with Gasteiger partial charge in [0.1, 0.15) is 5.75 Å². The molecule has 1 atom stereocenters. The summed E-state index contributed by atoms with van der Waals surface area (Å²) in [5, 5.41) is 4.75. The van der Waals surface area contributed by atoms with E-state index in [-0.39, 0.29) is 11.9 Å². The topological polar surface area (TPSA) is 60.2 Å². The summed E-state index contributed by atoms with van der Waals surface area (Å²) in [7, 11) is 3.52. The first kappa shape index (κ1) is 18.2. The van der Waals surface area contributed by atoms with Gasteiger partial charge >= 0.3 is 0 Å². The number of rotatable bonds is 4. The fourth-order valence-electron chi connectivity index (χ4n) is 3.94. The molecule has 1 amide bonds. The van der Waals surface area contributed by atoms with E-state index in [2.05, 4.69) is 4.98 Å². The summed E-state index contributed by atoms with van der Waals surface area (Å²) >= 11 is 0. The van der Waals surface area contributed by atoms with Crippen molar-refractivity contribution in [1.29, 1.82) is 0 Å². The van der Waals surface area contributed by atoms with Crippen molar-refractivity contribution >= 4 is 5.91 Å². The number of hydrogen-bond acceptors (Lipinski definition) is 4. The molecule has 0 spiro atoms. The zero-order chi connectivity index (χ0) is 19.5. The molecule has 0 saturated carbocycles. The lowest BCUT2D eigenvalue weighted by atomic mass is 9.94. The predicted molar refractivity (Wildman–Crippen MR) is 107 cm³/mol. The van der Waals surface area contributed by atoms with E-state index >= 15 is 0 Å². The van der Waals surface area contributed by atoms with Crippen molar-refractivity contribution in [2.45, 2.75) is 25.3 Å². The monoisotopic (exact) mass is 376 g/mol. The van der Waals surface area contributed by atoms with Gasteiger partial charge < -0.3 is 9.64 Å². The van der Waals surface area contributed by atoms with Gasteiger partial charge in [-0.15, -0.1) is 0 Å². The van der Waals surface area contributed by atoms with Crippen molar-refractivity contribution in [3.05, 3.63) is 66.2 Å². The van der Waals surface area contributed by atoms with Crippen LogP contribution in [0.2, 0.25) is 0 Å². The average molecular weight is 376 g/mol. The standard InChI is InChI=1S/C22H24N4O2/c1-25-15-18(16-10-12-23-13-11-16)21(24-25)19-8-5-6-14-26(19)22(27)17-7-3-4-9-20(17)28-2/h3-4,7,9-13,15,19H,5-6,8,14H2,1-2H3/t19-/m1/s1. The number of aromatic nitrogens is 3. The van der Waals surface area contributed by atoms with E-state index in [4.69, 9.17) is 9.84 Å². The third-order valence-electron chi connectivity index (χ3n) is 5.27. The minimum Gasteiger partial charge on any atom is -0.496 e. The Morgan fingerprint density at radius 2 is 1.93 bits per heavy atom. The third kappa shape index (κ3) is 3.38. The Kier molecular flexibility index (Phi) is 5.10. The van der Waals surface area contributed by atoms with Gasteiger partial charge in [0.05, 0.1) is 24.4 Å². The molecule has 1 aliphatic rings. The zero-order valence-electron chi connectivity index (χ0n) is 16.2. The van der Waals surface area contributed by atoms with Gasteiger partial charge in [-0.05, 0) is 49.1 Å². The van der Waals surface area contributed by atoms with Crippen LogP contribution in [-0.2, 0) is 7.05 Å². The van der Waals surface area contributed by atoms with Crippen molar-refractivity contribution in [2.24, 2.45) is 7.05 Å².